The third kappa shape index (κ3) is 2.89. The zero-order valence-electron chi connectivity index (χ0n) is 10.1. The molecule has 1 rings (SSSR count). The summed E-state index contributed by atoms with van der Waals surface area (Å²) < 4.78 is 5.75. The van der Waals surface area contributed by atoms with Crippen molar-refractivity contribution in [2.75, 3.05) is 14.2 Å². The number of methoxy groups -OCH3 is 1. The summed E-state index contributed by atoms with van der Waals surface area (Å²) in [6.07, 6.45) is 0.821. The van der Waals surface area contributed by atoms with Gasteiger partial charge in [-0.2, -0.15) is 0 Å². The highest BCUT2D eigenvalue weighted by atomic mass is 79.9. The number of halogens is 1. The van der Waals surface area contributed by atoms with Crippen LogP contribution in [0, 0.1) is 0 Å². The molecule has 0 heterocycles. The molecule has 0 unspecified atom stereocenters. The summed E-state index contributed by atoms with van der Waals surface area (Å²) in [5.74, 6) is 0.643. The van der Waals surface area contributed by atoms with E-state index in [4.69, 9.17) is 4.74 Å². The van der Waals surface area contributed by atoms with Crippen molar-refractivity contribution in [2.45, 2.75) is 25.8 Å². The molecule has 3 nitrogen and oxygen atoms in total. The van der Waals surface area contributed by atoms with Gasteiger partial charge >= 0.3 is 0 Å². The fourth-order valence-corrected chi connectivity index (χ4v) is 1.92. The smallest absolute Gasteiger partial charge is 0.172 e. The minimum absolute atomic E-state index is 0.0104. The molecular weight excluding hydrogens is 270 g/mol. The second-order valence-corrected chi connectivity index (χ2v) is 5.19. The number of likely N-dealkylation sites (N-methyl/N-ethyl adjacent to an activating group) is 1. The molecule has 0 atom stereocenters. The second kappa shape index (κ2) is 5.06. The summed E-state index contributed by atoms with van der Waals surface area (Å²) in [4.78, 5) is 0. The third-order valence-corrected chi connectivity index (χ3v) is 3.57. The summed E-state index contributed by atoms with van der Waals surface area (Å²) in [5.41, 5.74) is 1.04. The number of aromatic hydroxyl groups is 1. The average molecular weight is 288 g/mol. The third-order valence-electron chi connectivity index (χ3n) is 2.69. The van der Waals surface area contributed by atoms with Gasteiger partial charge in [-0.1, -0.05) is 6.07 Å². The van der Waals surface area contributed by atoms with Crippen LogP contribution in [0.2, 0.25) is 0 Å². The lowest BCUT2D eigenvalue weighted by atomic mass is 9.95. The Morgan fingerprint density at radius 3 is 2.56 bits per heavy atom. The van der Waals surface area contributed by atoms with Gasteiger partial charge in [0.1, 0.15) is 0 Å². The quantitative estimate of drug-likeness (QED) is 0.895. The van der Waals surface area contributed by atoms with Gasteiger partial charge in [0.2, 0.25) is 0 Å². The van der Waals surface area contributed by atoms with Crippen molar-refractivity contribution in [2.24, 2.45) is 0 Å². The first-order valence-electron chi connectivity index (χ1n) is 5.14. The van der Waals surface area contributed by atoms with Gasteiger partial charge < -0.3 is 15.2 Å². The number of nitrogens with one attached hydrogen (secondary N) is 1. The Morgan fingerprint density at radius 2 is 2.06 bits per heavy atom. The van der Waals surface area contributed by atoms with Crippen molar-refractivity contribution in [1.82, 2.24) is 5.32 Å². The summed E-state index contributed by atoms with van der Waals surface area (Å²) in [6.45, 7) is 4.22. The lowest BCUT2D eigenvalue weighted by Gasteiger charge is -2.25. The number of benzene rings is 1. The van der Waals surface area contributed by atoms with Crippen LogP contribution in [0.4, 0.5) is 0 Å². The van der Waals surface area contributed by atoms with E-state index in [2.05, 4.69) is 35.1 Å². The van der Waals surface area contributed by atoms with Crippen molar-refractivity contribution in [3.05, 3.63) is 22.2 Å². The monoisotopic (exact) mass is 287 g/mol. The molecule has 0 fully saturated rings. The Hall–Kier alpha value is -0.740. The number of hydrogen-bond donors (Lipinski definition) is 2. The topological polar surface area (TPSA) is 41.5 Å². The van der Waals surface area contributed by atoms with Crippen LogP contribution in [0.1, 0.15) is 19.4 Å². The van der Waals surface area contributed by atoms with Crippen LogP contribution in [-0.4, -0.2) is 24.8 Å². The van der Waals surface area contributed by atoms with Crippen molar-refractivity contribution in [1.29, 1.82) is 0 Å². The first-order valence-corrected chi connectivity index (χ1v) is 5.94. The van der Waals surface area contributed by atoms with Gasteiger partial charge in [-0.25, -0.2) is 0 Å². The zero-order chi connectivity index (χ0) is 12.3. The molecule has 0 bridgehead atoms. The lowest BCUT2D eigenvalue weighted by molar-refractivity contribution is 0.369. The Kier molecular flexibility index (Phi) is 4.21. The SMILES string of the molecule is CNC(C)(C)Cc1ccc(OC)c(O)c1Br. The largest absolute Gasteiger partial charge is 0.503 e. The molecule has 0 aromatic heterocycles. The molecule has 0 amide bonds. The Labute approximate surface area is 105 Å². The first kappa shape index (κ1) is 13.3. The standard InChI is InChI=1S/C12H18BrNO2/c1-12(2,14-3)7-8-5-6-9(16-4)11(15)10(8)13/h5-6,14-15H,7H2,1-4H3. The van der Waals surface area contributed by atoms with Gasteiger partial charge in [-0.3, -0.25) is 0 Å². The van der Waals surface area contributed by atoms with Gasteiger partial charge in [-0.05, 0) is 54.9 Å². The number of phenolic OH excluding ortho intramolecular Hbond substituents is 1. The maximum atomic E-state index is 9.86. The molecule has 0 saturated heterocycles. The van der Waals surface area contributed by atoms with Crippen LogP contribution >= 0.6 is 15.9 Å². The average Bonchev–Trinajstić information content (AvgIpc) is 2.25. The van der Waals surface area contributed by atoms with Crippen LogP contribution in [0.15, 0.2) is 16.6 Å². The molecule has 2 N–H and O–H groups in total. The Morgan fingerprint density at radius 1 is 1.44 bits per heavy atom. The molecule has 4 heteroatoms. The van der Waals surface area contributed by atoms with Crippen molar-refractivity contribution in [3.63, 3.8) is 0 Å². The normalized spacial score (nSPS) is 11.6. The van der Waals surface area contributed by atoms with Crippen LogP contribution in [-0.2, 0) is 6.42 Å². The molecule has 90 valence electrons. The zero-order valence-corrected chi connectivity index (χ0v) is 11.7. The van der Waals surface area contributed by atoms with Gasteiger partial charge in [0.05, 0.1) is 11.6 Å². The predicted molar refractivity (Wildman–Crippen MR) is 69.2 cm³/mol. The Bertz CT molecular complexity index is 378. The molecule has 0 radical (unpaired) electrons. The van der Waals surface area contributed by atoms with Crippen molar-refractivity contribution >= 4 is 15.9 Å². The molecule has 0 saturated carbocycles. The summed E-state index contributed by atoms with van der Waals surface area (Å²) >= 11 is 3.40. The van der Waals surface area contributed by atoms with Gasteiger partial charge in [0.25, 0.3) is 0 Å². The van der Waals surface area contributed by atoms with Crippen LogP contribution in [0.25, 0.3) is 0 Å². The minimum Gasteiger partial charge on any atom is -0.503 e. The summed E-state index contributed by atoms with van der Waals surface area (Å²) in [6, 6.07) is 3.74. The number of phenols is 1. The van der Waals surface area contributed by atoms with E-state index < -0.39 is 0 Å². The maximum Gasteiger partial charge on any atom is 0.172 e. The number of rotatable bonds is 4. The fourth-order valence-electron chi connectivity index (χ4n) is 1.45. The molecule has 1 aromatic carbocycles. The molecule has 0 spiro atoms. The fraction of sp³-hybridized carbons (Fsp3) is 0.500. The Balaban J connectivity index is 3.04. The minimum atomic E-state index is -0.0104. The van der Waals surface area contributed by atoms with Crippen LogP contribution < -0.4 is 10.1 Å². The predicted octanol–water partition coefficient (Wildman–Crippen LogP) is 2.70. The van der Waals surface area contributed by atoms with Crippen molar-refractivity contribution in [3.8, 4) is 11.5 Å². The molecule has 0 aliphatic heterocycles. The highest BCUT2D eigenvalue weighted by Crippen LogP contribution is 2.37. The van der Waals surface area contributed by atoms with E-state index in [-0.39, 0.29) is 11.3 Å². The van der Waals surface area contributed by atoms with E-state index in [1.807, 2.05) is 13.1 Å². The number of ether oxygens (including phenoxy) is 1. The van der Waals surface area contributed by atoms with E-state index in [0.29, 0.717) is 10.2 Å². The summed E-state index contributed by atoms with van der Waals surface area (Å²) in [5, 5.41) is 13.1. The van der Waals surface area contributed by atoms with Crippen LogP contribution in [0.5, 0.6) is 11.5 Å². The van der Waals surface area contributed by atoms with E-state index in [1.165, 1.54) is 0 Å². The van der Waals surface area contributed by atoms with E-state index >= 15 is 0 Å². The van der Waals surface area contributed by atoms with E-state index in [1.54, 1.807) is 13.2 Å². The maximum absolute atomic E-state index is 9.86. The molecule has 1 aromatic rings. The first-order chi connectivity index (χ1) is 7.41. The molecule has 16 heavy (non-hydrogen) atoms. The molecular formula is C12H18BrNO2. The van der Waals surface area contributed by atoms with Crippen LogP contribution in [0.3, 0.4) is 0 Å². The summed E-state index contributed by atoms with van der Waals surface area (Å²) in [7, 11) is 3.47. The van der Waals surface area contributed by atoms with E-state index in [0.717, 1.165) is 12.0 Å². The molecule has 0 aliphatic rings. The highest BCUT2D eigenvalue weighted by Gasteiger charge is 2.19. The van der Waals surface area contributed by atoms with Gasteiger partial charge in [0, 0.05) is 5.54 Å². The highest BCUT2D eigenvalue weighted by molar-refractivity contribution is 9.10. The number of hydrogen-bond acceptors (Lipinski definition) is 3. The lowest BCUT2D eigenvalue weighted by Crippen LogP contribution is -2.38. The van der Waals surface area contributed by atoms with Crippen molar-refractivity contribution < 1.29 is 9.84 Å². The van der Waals surface area contributed by atoms with Gasteiger partial charge in [-0.15, -0.1) is 0 Å². The van der Waals surface area contributed by atoms with Gasteiger partial charge in [0.15, 0.2) is 11.5 Å². The molecule has 0 aliphatic carbocycles. The van der Waals surface area contributed by atoms with E-state index in [9.17, 15) is 5.11 Å². The second-order valence-electron chi connectivity index (χ2n) is 4.40.